The molecule has 6 atom stereocenters. The topological polar surface area (TPSA) is 107 Å². The van der Waals surface area contributed by atoms with Crippen LogP contribution in [0.15, 0.2) is 18.2 Å². The van der Waals surface area contributed by atoms with E-state index in [2.05, 4.69) is 0 Å². The molecule has 0 radical (unpaired) electrons. The summed E-state index contributed by atoms with van der Waals surface area (Å²) in [6.45, 7) is 2.01. The molecule has 1 aromatic carbocycles. The Balaban J connectivity index is 0.00000196. The van der Waals surface area contributed by atoms with E-state index in [9.17, 15) is 18.6 Å². The molecule has 2 fully saturated rings. The van der Waals surface area contributed by atoms with Crippen molar-refractivity contribution in [1.82, 2.24) is 0 Å². The maximum absolute atomic E-state index is 11.6. The van der Waals surface area contributed by atoms with Gasteiger partial charge in [-0.25, -0.2) is 4.18 Å². The van der Waals surface area contributed by atoms with Crippen LogP contribution in [0.1, 0.15) is 49.7 Å². The number of rotatable bonds is 2. The molecule has 0 spiro atoms. The largest absolute Gasteiger partial charge is 1.00 e. The summed E-state index contributed by atoms with van der Waals surface area (Å²) in [5, 5.41) is 22.5. The normalized spacial score (nSPS) is 38.7. The average molecular weight is 407 g/mol. The van der Waals surface area contributed by atoms with Crippen molar-refractivity contribution in [2.24, 2.45) is 17.3 Å². The Labute approximate surface area is 196 Å². The van der Waals surface area contributed by atoms with E-state index in [0.717, 1.165) is 30.4 Å². The van der Waals surface area contributed by atoms with Gasteiger partial charge >= 0.3 is 61.8 Å². The van der Waals surface area contributed by atoms with Gasteiger partial charge < -0.3 is 10.2 Å². The monoisotopic (exact) mass is 406 g/mol. The Hall–Kier alpha value is 0.486. The van der Waals surface area contributed by atoms with Crippen LogP contribution in [0.25, 0.3) is 0 Å². The molecule has 4 rings (SSSR count). The minimum absolute atomic E-state index is 0. The van der Waals surface area contributed by atoms with Gasteiger partial charge in [-0.3, -0.25) is 4.55 Å². The molecule has 6 nitrogen and oxygen atoms in total. The quantitative estimate of drug-likeness (QED) is 0.471. The van der Waals surface area contributed by atoms with Crippen LogP contribution in [0.4, 0.5) is 0 Å². The maximum Gasteiger partial charge on any atom is 1.00 e. The fourth-order valence-corrected chi connectivity index (χ4v) is 6.44. The van der Waals surface area contributed by atoms with Gasteiger partial charge in [0.2, 0.25) is 0 Å². The van der Waals surface area contributed by atoms with E-state index in [4.69, 9.17) is 8.74 Å². The van der Waals surface area contributed by atoms with Crippen LogP contribution < -0.4 is 56.5 Å². The molecule has 0 bridgehead atoms. The second kappa shape index (κ2) is 7.39. The zero-order valence-corrected chi connectivity index (χ0v) is 19.0. The molecule has 0 amide bonds. The van der Waals surface area contributed by atoms with Crippen LogP contribution in [0.2, 0.25) is 0 Å². The number of fused-ring (bicyclic) bond motifs is 5. The van der Waals surface area contributed by atoms with E-state index in [1.165, 1.54) is 0 Å². The first-order valence-electron chi connectivity index (χ1n) is 8.82. The van der Waals surface area contributed by atoms with Crippen molar-refractivity contribution in [3.63, 3.8) is 0 Å². The number of hydrogen-bond acceptors (Lipinski definition) is 5. The van der Waals surface area contributed by atoms with Crippen LogP contribution in [0.5, 0.6) is 5.75 Å². The van der Waals surface area contributed by atoms with Gasteiger partial charge in [0.1, 0.15) is 0 Å². The third-order valence-corrected chi connectivity index (χ3v) is 7.35. The van der Waals surface area contributed by atoms with Gasteiger partial charge in [0.25, 0.3) is 0 Å². The molecule has 0 aliphatic heterocycles. The van der Waals surface area contributed by atoms with Crippen LogP contribution in [0, 0.1) is 17.3 Å². The van der Waals surface area contributed by atoms with Crippen molar-refractivity contribution in [2.45, 2.75) is 57.2 Å². The zero-order valence-electron chi connectivity index (χ0n) is 15.1. The summed E-state index contributed by atoms with van der Waals surface area (Å²) in [6.07, 6.45) is 2.27. The Morgan fingerprint density at radius 3 is 2.69 bits per heavy atom. The summed E-state index contributed by atoms with van der Waals surface area (Å²) in [5.41, 5.74) is 1.71. The summed E-state index contributed by atoms with van der Waals surface area (Å²) >= 11 is 0. The molecule has 0 aromatic heterocycles. The second-order valence-corrected chi connectivity index (χ2v) is 9.10. The van der Waals surface area contributed by atoms with Gasteiger partial charge in [-0.1, -0.05) is 25.1 Å². The van der Waals surface area contributed by atoms with Crippen LogP contribution in [0.3, 0.4) is 0 Å². The maximum atomic E-state index is 11.6. The van der Waals surface area contributed by atoms with E-state index in [1.807, 2.05) is 13.0 Å². The van der Waals surface area contributed by atoms with Gasteiger partial charge in [0, 0.05) is 0 Å². The number of benzene rings is 1. The fourth-order valence-electron chi connectivity index (χ4n) is 5.83. The predicted octanol–water partition coefficient (Wildman–Crippen LogP) is -1.22. The average Bonchev–Trinajstić information content (AvgIpc) is 2.82. The number of aliphatic hydroxyl groups excluding tert-OH is 1. The Morgan fingerprint density at radius 1 is 1.27 bits per heavy atom. The zero-order chi connectivity index (χ0) is 18.0. The Kier molecular flexibility index (Phi) is 6.02. The third-order valence-electron chi connectivity index (χ3n) is 6.87. The minimum atomic E-state index is -4.49. The molecule has 3 aliphatic carbocycles. The third kappa shape index (κ3) is 3.57. The Bertz CT molecular complexity index is 797. The van der Waals surface area contributed by atoms with Gasteiger partial charge in [0.15, 0.2) is 0 Å². The molecule has 8 heteroatoms. The summed E-state index contributed by atoms with van der Waals surface area (Å²) in [6, 6.07) is 5.10. The van der Waals surface area contributed by atoms with Gasteiger partial charge in [-0.2, -0.15) is 8.42 Å². The van der Waals surface area contributed by atoms with E-state index in [-0.39, 0.29) is 80.3 Å². The van der Waals surface area contributed by atoms with Gasteiger partial charge in [-0.15, -0.1) is 5.75 Å². The molecule has 3 aliphatic rings. The Morgan fingerprint density at radius 2 is 2.00 bits per heavy atom. The van der Waals surface area contributed by atoms with Crippen molar-refractivity contribution in [1.29, 1.82) is 0 Å². The number of aliphatic hydroxyl groups is 1. The first-order chi connectivity index (χ1) is 11.7. The predicted molar refractivity (Wildman–Crippen MR) is 88.3 cm³/mol. The van der Waals surface area contributed by atoms with Gasteiger partial charge in [-0.05, 0) is 66.4 Å². The molecule has 2 saturated carbocycles. The van der Waals surface area contributed by atoms with Gasteiger partial charge in [0.05, 0.1) is 12.2 Å². The molecule has 0 saturated heterocycles. The molecule has 1 aromatic rings. The molecule has 0 unspecified atom stereocenters. The van der Waals surface area contributed by atoms with Crippen molar-refractivity contribution in [3.8, 4) is 5.75 Å². The molecular formula is C18H23KO6S. The molecule has 0 heterocycles. The molecule has 26 heavy (non-hydrogen) atoms. The molecular weight excluding hydrogens is 383 g/mol. The fraction of sp³-hybridized carbons (Fsp3) is 0.667. The van der Waals surface area contributed by atoms with Crippen molar-refractivity contribution < 1.29 is 78.8 Å². The van der Waals surface area contributed by atoms with Crippen LogP contribution in [-0.4, -0.2) is 30.3 Å². The minimum Gasteiger partial charge on any atom is -0.872 e. The van der Waals surface area contributed by atoms with Crippen LogP contribution >= 0.6 is 0 Å². The summed E-state index contributed by atoms with van der Waals surface area (Å²) in [5.74, 6) is 0.307. The van der Waals surface area contributed by atoms with Crippen LogP contribution in [-0.2, 0) is 21.0 Å². The van der Waals surface area contributed by atoms with E-state index in [1.54, 1.807) is 12.1 Å². The van der Waals surface area contributed by atoms with Crippen molar-refractivity contribution in [3.05, 3.63) is 29.3 Å². The summed E-state index contributed by atoms with van der Waals surface area (Å²) in [7, 11) is -4.49. The molecule has 138 valence electrons. The van der Waals surface area contributed by atoms with E-state index < -0.39 is 22.6 Å². The van der Waals surface area contributed by atoms with Crippen molar-refractivity contribution >= 4 is 10.4 Å². The van der Waals surface area contributed by atoms with E-state index >= 15 is 0 Å². The van der Waals surface area contributed by atoms with Crippen molar-refractivity contribution in [2.75, 3.05) is 0 Å². The number of hydrogen-bond donors (Lipinski definition) is 2. The smallest absolute Gasteiger partial charge is 0.872 e. The standard InChI is InChI=1S/C18H24O6S.K/c1-18-7-6-13-12-3-2-11(19)8-10(12)9-15(20)17(13)14(18)4-5-16(18)24-25(21,22)23;/h2-3,8,13-17,19-20H,4-7,9H2,1H3,(H,21,22,23);/q;+1/p-1/t13-,14+,15-,16+,17-,18+;/m1./s1. The van der Waals surface area contributed by atoms with E-state index in [0.29, 0.717) is 12.8 Å². The summed E-state index contributed by atoms with van der Waals surface area (Å²) < 4.78 is 36.5. The first kappa shape index (κ1) is 21.2. The second-order valence-electron chi connectivity index (χ2n) is 8.06. The molecule has 2 N–H and O–H groups in total. The summed E-state index contributed by atoms with van der Waals surface area (Å²) in [4.78, 5) is 0. The SMILES string of the molecule is C[C@]12CC[C@@H]3c4ccc([O-])cc4C[C@@H](O)[C@H]3[C@@H]1CC[C@@H]2OS(=O)(=O)O.[K+]. The first-order valence-corrected chi connectivity index (χ1v) is 10.2.